The van der Waals surface area contributed by atoms with Crippen molar-refractivity contribution in [2.75, 3.05) is 19.8 Å². The van der Waals surface area contributed by atoms with Gasteiger partial charge in [0, 0.05) is 29.3 Å². The highest BCUT2D eigenvalue weighted by atomic mass is 35.5. The van der Waals surface area contributed by atoms with Crippen molar-refractivity contribution in [3.63, 3.8) is 0 Å². The van der Waals surface area contributed by atoms with Gasteiger partial charge in [-0.05, 0) is 61.9 Å². The molecule has 0 radical (unpaired) electrons. The molecule has 1 aliphatic heterocycles. The first-order valence-electron chi connectivity index (χ1n) is 7.45. The van der Waals surface area contributed by atoms with Crippen LogP contribution in [0, 0.1) is 5.92 Å². The molecule has 1 aliphatic rings. The SMILES string of the molecule is CCCNC(Cc1cc(Cl)ccc1Cl)C1CCOCC1. The van der Waals surface area contributed by atoms with Gasteiger partial charge in [-0.3, -0.25) is 0 Å². The van der Waals surface area contributed by atoms with Crippen LogP contribution in [-0.4, -0.2) is 25.8 Å². The minimum absolute atomic E-state index is 0.454. The highest BCUT2D eigenvalue weighted by Gasteiger charge is 2.24. The summed E-state index contributed by atoms with van der Waals surface area (Å²) in [4.78, 5) is 0. The Hall–Kier alpha value is -0.280. The molecule has 1 unspecified atom stereocenters. The molecule has 0 spiro atoms. The lowest BCUT2D eigenvalue weighted by atomic mass is 9.87. The van der Waals surface area contributed by atoms with Crippen molar-refractivity contribution in [3.05, 3.63) is 33.8 Å². The maximum Gasteiger partial charge on any atom is 0.0469 e. The number of hydrogen-bond donors (Lipinski definition) is 1. The third kappa shape index (κ3) is 4.63. The van der Waals surface area contributed by atoms with Crippen molar-refractivity contribution in [2.45, 2.75) is 38.6 Å². The molecule has 1 saturated heterocycles. The predicted octanol–water partition coefficient (Wildman–Crippen LogP) is 4.33. The number of benzene rings is 1. The Balaban J connectivity index is 2.07. The summed E-state index contributed by atoms with van der Waals surface area (Å²) >= 11 is 12.4. The fraction of sp³-hybridized carbons (Fsp3) is 0.625. The van der Waals surface area contributed by atoms with Crippen LogP contribution in [0.15, 0.2) is 18.2 Å². The maximum absolute atomic E-state index is 6.30. The molecule has 0 bridgehead atoms. The molecule has 1 N–H and O–H groups in total. The molecule has 2 nitrogen and oxygen atoms in total. The Kier molecular flexibility index (Phi) is 6.63. The zero-order valence-corrected chi connectivity index (χ0v) is 13.5. The van der Waals surface area contributed by atoms with E-state index in [1.807, 2.05) is 18.2 Å². The summed E-state index contributed by atoms with van der Waals surface area (Å²) in [7, 11) is 0. The first-order chi connectivity index (χ1) is 9.70. The van der Waals surface area contributed by atoms with E-state index in [9.17, 15) is 0 Å². The molecule has 2 rings (SSSR count). The second kappa shape index (κ2) is 8.23. The van der Waals surface area contributed by atoms with Gasteiger partial charge in [0.05, 0.1) is 0 Å². The van der Waals surface area contributed by atoms with Crippen LogP contribution in [0.5, 0.6) is 0 Å². The van der Waals surface area contributed by atoms with Crippen LogP contribution in [-0.2, 0) is 11.2 Å². The van der Waals surface area contributed by atoms with Crippen molar-refractivity contribution < 1.29 is 4.74 Å². The largest absolute Gasteiger partial charge is 0.381 e. The number of nitrogens with one attached hydrogen (secondary N) is 1. The number of hydrogen-bond acceptors (Lipinski definition) is 2. The lowest BCUT2D eigenvalue weighted by Crippen LogP contribution is -2.41. The van der Waals surface area contributed by atoms with Crippen LogP contribution < -0.4 is 5.32 Å². The van der Waals surface area contributed by atoms with Gasteiger partial charge < -0.3 is 10.1 Å². The first-order valence-corrected chi connectivity index (χ1v) is 8.21. The minimum Gasteiger partial charge on any atom is -0.381 e. The number of halogens is 2. The van der Waals surface area contributed by atoms with E-state index in [0.717, 1.165) is 61.1 Å². The Morgan fingerprint density at radius 1 is 1.30 bits per heavy atom. The second-order valence-corrected chi connectivity index (χ2v) is 6.29. The van der Waals surface area contributed by atoms with Gasteiger partial charge in [0.1, 0.15) is 0 Å². The Bertz CT molecular complexity index is 419. The third-order valence-corrected chi connectivity index (χ3v) is 4.54. The van der Waals surface area contributed by atoms with Crippen LogP contribution in [0.2, 0.25) is 10.0 Å². The molecule has 0 aromatic heterocycles. The smallest absolute Gasteiger partial charge is 0.0469 e. The van der Waals surface area contributed by atoms with Crippen LogP contribution in [0.1, 0.15) is 31.7 Å². The summed E-state index contributed by atoms with van der Waals surface area (Å²) < 4.78 is 5.47. The minimum atomic E-state index is 0.454. The van der Waals surface area contributed by atoms with E-state index in [4.69, 9.17) is 27.9 Å². The summed E-state index contributed by atoms with van der Waals surface area (Å²) in [5, 5.41) is 5.24. The monoisotopic (exact) mass is 315 g/mol. The molecule has 1 heterocycles. The lowest BCUT2D eigenvalue weighted by molar-refractivity contribution is 0.0538. The van der Waals surface area contributed by atoms with Gasteiger partial charge in [-0.25, -0.2) is 0 Å². The molecule has 4 heteroatoms. The van der Waals surface area contributed by atoms with Crippen molar-refractivity contribution in [1.82, 2.24) is 5.32 Å². The van der Waals surface area contributed by atoms with Crippen molar-refractivity contribution in [3.8, 4) is 0 Å². The summed E-state index contributed by atoms with van der Waals surface area (Å²) in [6.07, 6.45) is 4.33. The molecular weight excluding hydrogens is 293 g/mol. The van der Waals surface area contributed by atoms with Crippen molar-refractivity contribution in [1.29, 1.82) is 0 Å². The average Bonchev–Trinajstić information content (AvgIpc) is 2.48. The quantitative estimate of drug-likeness (QED) is 0.843. The van der Waals surface area contributed by atoms with E-state index in [0.29, 0.717) is 12.0 Å². The zero-order chi connectivity index (χ0) is 14.4. The third-order valence-electron chi connectivity index (χ3n) is 3.94. The Morgan fingerprint density at radius 3 is 2.75 bits per heavy atom. The van der Waals surface area contributed by atoms with Gasteiger partial charge in [-0.1, -0.05) is 30.1 Å². The summed E-state index contributed by atoms with van der Waals surface area (Å²) in [6.45, 7) is 4.98. The molecular formula is C16H23Cl2NO. The first kappa shape index (κ1) is 16.1. The fourth-order valence-electron chi connectivity index (χ4n) is 2.79. The van der Waals surface area contributed by atoms with Gasteiger partial charge >= 0.3 is 0 Å². The topological polar surface area (TPSA) is 21.3 Å². The summed E-state index contributed by atoms with van der Waals surface area (Å²) in [5.74, 6) is 0.658. The maximum atomic E-state index is 6.30. The molecule has 1 fully saturated rings. The fourth-order valence-corrected chi connectivity index (χ4v) is 3.18. The lowest BCUT2D eigenvalue weighted by Gasteiger charge is -2.31. The standard InChI is InChI=1S/C16H23Cl2NO/c1-2-7-19-16(12-5-8-20-9-6-12)11-13-10-14(17)3-4-15(13)18/h3-4,10,12,16,19H,2,5-9,11H2,1H3. The summed E-state index contributed by atoms with van der Waals surface area (Å²) in [6, 6.07) is 6.18. The molecule has 0 aliphatic carbocycles. The van der Waals surface area contributed by atoms with Crippen molar-refractivity contribution in [2.24, 2.45) is 5.92 Å². The van der Waals surface area contributed by atoms with E-state index < -0.39 is 0 Å². The van der Waals surface area contributed by atoms with Crippen LogP contribution in [0.4, 0.5) is 0 Å². The van der Waals surface area contributed by atoms with Crippen LogP contribution >= 0.6 is 23.2 Å². The summed E-state index contributed by atoms with van der Waals surface area (Å²) in [5.41, 5.74) is 1.14. The molecule has 112 valence electrons. The highest BCUT2D eigenvalue weighted by molar-refractivity contribution is 6.33. The van der Waals surface area contributed by atoms with Crippen molar-refractivity contribution >= 4 is 23.2 Å². The Morgan fingerprint density at radius 2 is 2.05 bits per heavy atom. The molecule has 0 amide bonds. The molecule has 1 aromatic rings. The van der Waals surface area contributed by atoms with E-state index in [1.165, 1.54) is 0 Å². The molecule has 20 heavy (non-hydrogen) atoms. The van der Waals surface area contributed by atoms with Gasteiger partial charge in [0.15, 0.2) is 0 Å². The number of rotatable bonds is 6. The van der Waals surface area contributed by atoms with Gasteiger partial charge in [0.2, 0.25) is 0 Å². The molecule has 1 atom stereocenters. The van der Waals surface area contributed by atoms with Crippen LogP contribution in [0.3, 0.4) is 0 Å². The van der Waals surface area contributed by atoms with E-state index in [1.54, 1.807) is 0 Å². The Labute approximate surface area is 131 Å². The van der Waals surface area contributed by atoms with E-state index in [2.05, 4.69) is 12.2 Å². The van der Waals surface area contributed by atoms with Gasteiger partial charge in [-0.15, -0.1) is 0 Å². The van der Waals surface area contributed by atoms with E-state index >= 15 is 0 Å². The second-order valence-electron chi connectivity index (χ2n) is 5.45. The predicted molar refractivity (Wildman–Crippen MR) is 85.8 cm³/mol. The normalized spacial score (nSPS) is 18.1. The zero-order valence-electron chi connectivity index (χ0n) is 12.0. The molecule has 0 saturated carbocycles. The number of ether oxygens (including phenoxy) is 1. The van der Waals surface area contributed by atoms with Crippen LogP contribution in [0.25, 0.3) is 0 Å². The average molecular weight is 316 g/mol. The van der Waals surface area contributed by atoms with Gasteiger partial charge in [-0.2, -0.15) is 0 Å². The van der Waals surface area contributed by atoms with Gasteiger partial charge in [0.25, 0.3) is 0 Å². The van der Waals surface area contributed by atoms with E-state index in [-0.39, 0.29) is 0 Å². The molecule has 1 aromatic carbocycles. The highest BCUT2D eigenvalue weighted by Crippen LogP contribution is 2.26.